The van der Waals surface area contributed by atoms with Crippen LogP contribution in [0.2, 0.25) is 0 Å². The van der Waals surface area contributed by atoms with Crippen molar-refractivity contribution >= 4 is 11.6 Å². The summed E-state index contributed by atoms with van der Waals surface area (Å²) in [6.07, 6.45) is -0.288. The Kier molecular flexibility index (Phi) is 6.13. The third kappa shape index (κ3) is 4.98. The SMILES string of the molecule is N#CCC(=O)Nc1cc(F)ccc1OCCN1CCOCC1. The lowest BCUT2D eigenvalue weighted by Crippen LogP contribution is -2.38. The molecule has 1 aliphatic heterocycles. The molecule has 1 N–H and O–H groups in total. The Balaban J connectivity index is 1.91. The van der Waals surface area contributed by atoms with Crippen LogP contribution in [0.5, 0.6) is 5.75 Å². The van der Waals surface area contributed by atoms with Crippen LogP contribution in [0.1, 0.15) is 6.42 Å². The minimum atomic E-state index is -0.494. The number of amides is 1. The lowest BCUT2D eigenvalue weighted by atomic mass is 10.2. The number of hydrogen-bond donors (Lipinski definition) is 1. The first-order valence-electron chi connectivity index (χ1n) is 7.08. The number of anilines is 1. The fourth-order valence-corrected chi connectivity index (χ4v) is 2.10. The summed E-state index contributed by atoms with van der Waals surface area (Å²) in [5.41, 5.74) is 0.238. The molecule has 2 rings (SSSR count). The summed E-state index contributed by atoms with van der Waals surface area (Å²) in [5, 5.41) is 11.0. The lowest BCUT2D eigenvalue weighted by molar-refractivity contribution is -0.115. The molecule has 1 amide bonds. The van der Waals surface area contributed by atoms with Gasteiger partial charge in [-0.2, -0.15) is 5.26 Å². The molecule has 0 bridgehead atoms. The number of nitriles is 1. The van der Waals surface area contributed by atoms with Crippen LogP contribution in [0.3, 0.4) is 0 Å². The Labute approximate surface area is 128 Å². The van der Waals surface area contributed by atoms with Gasteiger partial charge in [-0.3, -0.25) is 9.69 Å². The molecule has 1 aromatic rings. The first-order chi connectivity index (χ1) is 10.7. The van der Waals surface area contributed by atoms with Gasteiger partial charge in [0.15, 0.2) is 0 Å². The minimum absolute atomic E-state index is 0.238. The number of halogens is 1. The molecule has 0 aromatic heterocycles. The van der Waals surface area contributed by atoms with E-state index in [9.17, 15) is 9.18 Å². The van der Waals surface area contributed by atoms with Gasteiger partial charge in [0.05, 0.1) is 25.0 Å². The molecule has 1 aliphatic rings. The van der Waals surface area contributed by atoms with Gasteiger partial charge in [0, 0.05) is 25.7 Å². The molecule has 0 atom stereocenters. The van der Waals surface area contributed by atoms with Crippen molar-refractivity contribution in [2.24, 2.45) is 0 Å². The topological polar surface area (TPSA) is 74.6 Å². The van der Waals surface area contributed by atoms with Crippen LogP contribution in [0.15, 0.2) is 18.2 Å². The average Bonchev–Trinajstić information content (AvgIpc) is 2.51. The van der Waals surface area contributed by atoms with Crippen LogP contribution in [0.25, 0.3) is 0 Å². The zero-order chi connectivity index (χ0) is 15.8. The Morgan fingerprint density at radius 3 is 2.95 bits per heavy atom. The van der Waals surface area contributed by atoms with Crippen molar-refractivity contribution in [3.05, 3.63) is 24.0 Å². The zero-order valence-electron chi connectivity index (χ0n) is 12.2. The van der Waals surface area contributed by atoms with Gasteiger partial charge in [0.2, 0.25) is 5.91 Å². The van der Waals surface area contributed by atoms with Crippen molar-refractivity contribution < 1.29 is 18.7 Å². The largest absolute Gasteiger partial charge is 0.490 e. The minimum Gasteiger partial charge on any atom is -0.490 e. The van der Waals surface area contributed by atoms with Crippen LogP contribution in [0.4, 0.5) is 10.1 Å². The van der Waals surface area contributed by atoms with Gasteiger partial charge in [-0.1, -0.05) is 0 Å². The van der Waals surface area contributed by atoms with Crippen molar-refractivity contribution in [2.45, 2.75) is 6.42 Å². The molecule has 1 fully saturated rings. The number of morpholine rings is 1. The predicted octanol–water partition coefficient (Wildman–Crippen LogP) is 1.39. The Morgan fingerprint density at radius 2 is 2.23 bits per heavy atom. The zero-order valence-corrected chi connectivity index (χ0v) is 12.2. The maximum atomic E-state index is 13.3. The normalized spacial score (nSPS) is 15.1. The molecule has 0 radical (unpaired) electrons. The molecule has 0 unspecified atom stereocenters. The third-order valence-corrected chi connectivity index (χ3v) is 3.22. The van der Waals surface area contributed by atoms with Crippen molar-refractivity contribution in [1.29, 1.82) is 5.26 Å². The van der Waals surface area contributed by atoms with Crippen LogP contribution in [0, 0.1) is 17.1 Å². The average molecular weight is 307 g/mol. The van der Waals surface area contributed by atoms with E-state index < -0.39 is 11.7 Å². The van der Waals surface area contributed by atoms with E-state index in [1.807, 2.05) is 0 Å². The third-order valence-electron chi connectivity index (χ3n) is 3.22. The number of benzene rings is 1. The van der Waals surface area contributed by atoms with Crippen molar-refractivity contribution in [3.8, 4) is 11.8 Å². The number of nitrogens with zero attached hydrogens (tertiary/aromatic N) is 2. The van der Waals surface area contributed by atoms with E-state index in [2.05, 4.69) is 10.2 Å². The second-order valence-electron chi connectivity index (χ2n) is 4.83. The molecule has 6 nitrogen and oxygen atoms in total. The summed E-state index contributed by atoms with van der Waals surface area (Å²) in [4.78, 5) is 13.7. The van der Waals surface area contributed by atoms with Gasteiger partial charge in [-0.25, -0.2) is 4.39 Å². The highest BCUT2D eigenvalue weighted by Gasteiger charge is 2.12. The van der Waals surface area contributed by atoms with Gasteiger partial charge < -0.3 is 14.8 Å². The van der Waals surface area contributed by atoms with Crippen LogP contribution < -0.4 is 10.1 Å². The first-order valence-corrected chi connectivity index (χ1v) is 7.08. The van der Waals surface area contributed by atoms with Gasteiger partial charge in [0.1, 0.15) is 24.6 Å². The molecular formula is C15H18FN3O3. The predicted molar refractivity (Wildman–Crippen MR) is 78.0 cm³/mol. The molecule has 7 heteroatoms. The Morgan fingerprint density at radius 1 is 1.45 bits per heavy atom. The van der Waals surface area contributed by atoms with E-state index in [0.717, 1.165) is 19.6 Å². The smallest absolute Gasteiger partial charge is 0.238 e. The standard InChI is InChI=1S/C15H18FN3O3/c16-12-1-2-14(13(11-12)18-15(20)3-4-17)22-10-7-19-5-8-21-9-6-19/h1-2,11H,3,5-10H2,(H,18,20). The highest BCUT2D eigenvalue weighted by Crippen LogP contribution is 2.25. The van der Waals surface area contributed by atoms with Crippen molar-refractivity contribution in [3.63, 3.8) is 0 Å². The number of hydrogen-bond acceptors (Lipinski definition) is 5. The highest BCUT2D eigenvalue weighted by molar-refractivity contribution is 5.93. The van der Waals surface area contributed by atoms with E-state index in [-0.39, 0.29) is 12.1 Å². The number of carbonyl (C=O) groups excluding carboxylic acids is 1. The second-order valence-corrected chi connectivity index (χ2v) is 4.83. The van der Waals surface area contributed by atoms with Crippen LogP contribution in [-0.4, -0.2) is 50.3 Å². The molecular weight excluding hydrogens is 289 g/mol. The molecule has 1 aromatic carbocycles. The van der Waals surface area contributed by atoms with Crippen molar-refractivity contribution in [1.82, 2.24) is 4.90 Å². The van der Waals surface area contributed by atoms with Crippen molar-refractivity contribution in [2.75, 3.05) is 44.8 Å². The molecule has 0 aliphatic carbocycles. The van der Waals surface area contributed by atoms with Gasteiger partial charge in [-0.15, -0.1) is 0 Å². The summed E-state index contributed by atoms with van der Waals surface area (Å²) in [6, 6.07) is 5.66. The molecule has 118 valence electrons. The Bertz CT molecular complexity index is 553. The monoisotopic (exact) mass is 307 g/mol. The first kappa shape index (κ1) is 16.2. The number of ether oxygens (including phenoxy) is 2. The molecule has 1 saturated heterocycles. The summed E-state index contributed by atoms with van der Waals surface area (Å²) in [7, 11) is 0. The number of nitrogens with one attached hydrogen (secondary N) is 1. The molecule has 0 saturated carbocycles. The Hall–Kier alpha value is -2.17. The second kappa shape index (κ2) is 8.32. The quantitative estimate of drug-likeness (QED) is 0.859. The summed E-state index contributed by atoms with van der Waals surface area (Å²) in [5.74, 6) is -0.583. The maximum Gasteiger partial charge on any atom is 0.238 e. The summed E-state index contributed by atoms with van der Waals surface area (Å²) >= 11 is 0. The summed E-state index contributed by atoms with van der Waals surface area (Å²) < 4.78 is 24.2. The van der Waals surface area contributed by atoms with E-state index in [1.165, 1.54) is 18.2 Å². The highest BCUT2D eigenvalue weighted by atomic mass is 19.1. The number of carbonyl (C=O) groups is 1. The summed E-state index contributed by atoms with van der Waals surface area (Å²) in [6.45, 7) is 4.30. The van der Waals surface area contributed by atoms with Gasteiger partial charge in [-0.05, 0) is 12.1 Å². The van der Waals surface area contributed by atoms with Crippen LogP contribution >= 0.6 is 0 Å². The lowest BCUT2D eigenvalue weighted by Gasteiger charge is -2.26. The maximum absolute atomic E-state index is 13.3. The number of rotatable bonds is 6. The van der Waals surface area contributed by atoms with E-state index in [4.69, 9.17) is 14.7 Å². The van der Waals surface area contributed by atoms with E-state index in [1.54, 1.807) is 6.07 Å². The van der Waals surface area contributed by atoms with E-state index in [0.29, 0.717) is 25.6 Å². The molecule has 22 heavy (non-hydrogen) atoms. The van der Waals surface area contributed by atoms with Gasteiger partial charge in [0.25, 0.3) is 0 Å². The fraction of sp³-hybridized carbons (Fsp3) is 0.467. The molecule has 1 heterocycles. The van der Waals surface area contributed by atoms with Gasteiger partial charge >= 0.3 is 0 Å². The van der Waals surface area contributed by atoms with E-state index >= 15 is 0 Å². The fourth-order valence-electron chi connectivity index (χ4n) is 2.10. The molecule has 0 spiro atoms. The van der Waals surface area contributed by atoms with Crippen LogP contribution in [-0.2, 0) is 9.53 Å².